The highest BCUT2D eigenvalue weighted by molar-refractivity contribution is 7.26. The van der Waals surface area contributed by atoms with E-state index in [9.17, 15) is 0 Å². The van der Waals surface area contributed by atoms with Crippen LogP contribution in [0.2, 0.25) is 0 Å². The van der Waals surface area contributed by atoms with Crippen molar-refractivity contribution in [2.75, 3.05) is 0 Å². The minimum absolute atomic E-state index is 0.402. The number of aromatic nitrogens is 5. The third-order valence-corrected chi connectivity index (χ3v) is 6.53. The van der Waals surface area contributed by atoms with Gasteiger partial charge in [-0.1, -0.05) is 30.3 Å². The average molecular weight is 371 g/mol. The molecule has 1 saturated carbocycles. The summed E-state index contributed by atoms with van der Waals surface area (Å²) in [4.78, 5) is 15.3. The zero-order valence-electron chi connectivity index (χ0n) is 15.0. The largest absolute Gasteiger partial charge is 0.242 e. The fourth-order valence-electron chi connectivity index (χ4n) is 4.09. The summed E-state index contributed by atoms with van der Waals surface area (Å²) in [6, 6.07) is 12.8. The Labute approximate surface area is 159 Å². The highest BCUT2D eigenvalue weighted by Gasteiger charge is 2.42. The van der Waals surface area contributed by atoms with Gasteiger partial charge < -0.3 is 0 Å². The fraction of sp³-hybridized carbons (Fsp3) is 0.238. The SMILES string of the molecule is Cc1cc(C)c2c(n1)sc1c2ncn2nc(C3CC3c3ccccc3)nc12. The average Bonchev–Trinajstić information content (AvgIpc) is 3.19. The molecule has 1 aliphatic carbocycles. The van der Waals surface area contributed by atoms with Gasteiger partial charge in [0.15, 0.2) is 11.5 Å². The lowest BCUT2D eigenvalue weighted by Crippen LogP contribution is -1.91. The fourth-order valence-corrected chi connectivity index (χ4v) is 5.32. The van der Waals surface area contributed by atoms with E-state index in [-0.39, 0.29) is 0 Å². The summed E-state index contributed by atoms with van der Waals surface area (Å²) in [6.45, 7) is 4.16. The van der Waals surface area contributed by atoms with Crippen LogP contribution in [0.15, 0.2) is 42.7 Å². The molecule has 0 aliphatic heterocycles. The maximum Gasteiger partial charge on any atom is 0.176 e. The molecule has 1 aliphatic rings. The molecule has 27 heavy (non-hydrogen) atoms. The van der Waals surface area contributed by atoms with Crippen molar-refractivity contribution in [2.45, 2.75) is 32.1 Å². The topological polar surface area (TPSA) is 56.0 Å². The van der Waals surface area contributed by atoms with E-state index in [0.717, 1.165) is 44.0 Å². The third kappa shape index (κ3) is 2.23. The van der Waals surface area contributed by atoms with Gasteiger partial charge in [0.25, 0.3) is 0 Å². The first-order valence-electron chi connectivity index (χ1n) is 9.16. The molecule has 0 spiro atoms. The number of pyridine rings is 1. The standard InChI is InChI=1S/C21H17N5S/c1-11-8-12(2)23-21-16(11)17-18(27-21)20-24-19(25-26(20)10-22-17)15-9-14(15)13-6-4-3-5-7-13/h3-8,10,14-15H,9H2,1-2H3. The summed E-state index contributed by atoms with van der Waals surface area (Å²) in [5.74, 6) is 1.86. The Morgan fingerprint density at radius 1 is 1.07 bits per heavy atom. The first kappa shape index (κ1) is 15.2. The molecule has 0 radical (unpaired) electrons. The predicted octanol–water partition coefficient (Wildman–Crippen LogP) is 4.78. The molecule has 1 aromatic carbocycles. The molecular formula is C21H17N5S. The van der Waals surface area contributed by atoms with Gasteiger partial charge in [0.2, 0.25) is 0 Å². The molecule has 6 heteroatoms. The first-order chi connectivity index (χ1) is 13.2. The molecular weight excluding hydrogens is 354 g/mol. The van der Waals surface area contributed by atoms with Crippen LogP contribution < -0.4 is 0 Å². The zero-order chi connectivity index (χ0) is 18.1. The lowest BCUT2D eigenvalue weighted by Gasteiger charge is -1.98. The summed E-state index contributed by atoms with van der Waals surface area (Å²) < 4.78 is 2.90. The van der Waals surface area contributed by atoms with E-state index >= 15 is 0 Å². The van der Waals surface area contributed by atoms with Gasteiger partial charge >= 0.3 is 0 Å². The van der Waals surface area contributed by atoms with Gasteiger partial charge in [-0.05, 0) is 43.4 Å². The monoisotopic (exact) mass is 371 g/mol. The molecule has 5 nitrogen and oxygen atoms in total. The highest BCUT2D eigenvalue weighted by atomic mass is 32.1. The highest BCUT2D eigenvalue weighted by Crippen LogP contribution is 2.53. The number of nitrogens with zero attached hydrogens (tertiary/aromatic N) is 5. The van der Waals surface area contributed by atoms with E-state index in [1.54, 1.807) is 17.7 Å². The van der Waals surface area contributed by atoms with Crippen LogP contribution in [0, 0.1) is 13.8 Å². The van der Waals surface area contributed by atoms with Gasteiger partial charge in [-0.15, -0.1) is 16.4 Å². The van der Waals surface area contributed by atoms with Crippen LogP contribution in [0.3, 0.4) is 0 Å². The van der Waals surface area contributed by atoms with Gasteiger partial charge in [0.05, 0.1) is 5.52 Å². The Balaban J connectivity index is 1.50. The number of hydrogen-bond donors (Lipinski definition) is 0. The maximum absolute atomic E-state index is 4.92. The Bertz CT molecular complexity index is 1330. The molecule has 0 bridgehead atoms. The summed E-state index contributed by atoms with van der Waals surface area (Å²) in [5.41, 5.74) is 5.51. The number of hydrogen-bond acceptors (Lipinski definition) is 5. The molecule has 0 saturated heterocycles. The van der Waals surface area contributed by atoms with Crippen molar-refractivity contribution in [1.29, 1.82) is 0 Å². The van der Waals surface area contributed by atoms with Gasteiger partial charge in [0.1, 0.15) is 15.9 Å². The molecule has 0 N–H and O–H groups in total. The molecule has 2 unspecified atom stereocenters. The van der Waals surface area contributed by atoms with Gasteiger partial charge in [-0.25, -0.2) is 19.5 Å². The number of aryl methyl sites for hydroxylation is 2. The molecule has 1 fully saturated rings. The second-order valence-corrected chi connectivity index (χ2v) is 8.38. The third-order valence-electron chi connectivity index (χ3n) is 5.46. The molecule has 4 aromatic heterocycles. The number of rotatable bonds is 2. The molecule has 2 atom stereocenters. The van der Waals surface area contributed by atoms with Crippen LogP contribution in [0.4, 0.5) is 0 Å². The molecule has 6 rings (SSSR count). The predicted molar refractivity (Wildman–Crippen MR) is 107 cm³/mol. The Morgan fingerprint density at radius 2 is 1.93 bits per heavy atom. The van der Waals surface area contributed by atoms with Crippen LogP contribution in [0.5, 0.6) is 0 Å². The zero-order valence-corrected chi connectivity index (χ0v) is 15.9. The van der Waals surface area contributed by atoms with Crippen molar-refractivity contribution >= 4 is 37.4 Å². The molecule has 132 valence electrons. The Kier molecular flexibility index (Phi) is 3.00. The first-order valence-corrected chi connectivity index (χ1v) is 9.97. The van der Waals surface area contributed by atoms with E-state index in [1.807, 2.05) is 11.4 Å². The van der Waals surface area contributed by atoms with Crippen molar-refractivity contribution < 1.29 is 0 Å². The van der Waals surface area contributed by atoms with Gasteiger partial charge in [-0.3, -0.25) is 0 Å². The lowest BCUT2D eigenvalue weighted by molar-refractivity contribution is 0.850. The second-order valence-electron chi connectivity index (χ2n) is 7.38. The van der Waals surface area contributed by atoms with Crippen LogP contribution in [0.1, 0.15) is 40.9 Å². The molecule has 5 aromatic rings. The molecule has 4 heterocycles. The lowest BCUT2D eigenvalue weighted by atomic mass is 10.1. The van der Waals surface area contributed by atoms with Crippen LogP contribution in [-0.2, 0) is 0 Å². The summed E-state index contributed by atoms with van der Waals surface area (Å²) in [5, 5.41) is 5.88. The van der Waals surface area contributed by atoms with E-state index in [2.05, 4.69) is 48.3 Å². The van der Waals surface area contributed by atoms with E-state index in [0.29, 0.717) is 11.8 Å². The van der Waals surface area contributed by atoms with Crippen molar-refractivity contribution in [2.24, 2.45) is 0 Å². The van der Waals surface area contributed by atoms with Crippen molar-refractivity contribution in [3.05, 3.63) is 65.4 Å². The van der Waals surface area contributed by atoms with Gasteiger partial charge in [0, 0.05) is 17.0 Å². The summed E-state index contributed by atoms with van der Waals surface area (Å²) in [6.07, 6.45) is 2.91. The molecule has 0 amide bonds. The van der Waals surface area contributed by atoms with Crippen molar-refractivity contribution in [3.63, 3.8) is 0 Å². The number of fused-ring (bicyclic) bond motifs is 5. The van der Waals surface area contributed by atoms with Crippen LogP contribution >= 0.6 is 11.3 Å². The Hall–Kier alpha value is -2.86. The van der Waals surface area contributed by atoms with Crippen molar-refractivity contribution in [3.8, 4) is 0 Å². The second kappa shape index (κ2) is 5.33. The minimum atomic E-state index is 0.402. The maximum atomic E-state index is 4.92. The quantitative estimate of drug-likeness (QED) is 0.448. The van der Waals surface area contributed by atoms with Gasteiger partial charge in [-0.2, -0.15) is 0 Å². The van der Waals surface area contributed by atoms with E-state index in [1.165, 1.54) is 11.1 Å². The van der Waals surface area contributed by atoms with E-state index in [4.69, 9.17) is 15.1 Å². The van der Waals surface area contributed by atoms with E-state index < -0.39 is 0 Å². The summed E-state index contributed by atoms with van der Waals surface area (Å²) in [7, 11) is 0. The Morgan fingerprint density at radius 3 is 2.78 bits per heavy atom. The summed E-state index contributed by atoms with van der Waals surface area (Å²) >= 11 is 1.67. The smallest absolute Gasteiger partial charge is 0.176 e. The van der Waals surface area contributed by atoms with Crippen molar-refractivity contribution in [1.82, 2.24) is 24.6 Å². The number of benzene rings is 1. The number of thiophene rings is 1. The normalized spacial score (nSPS) is 19.3. The minimum Gasteiger partial charge on any atom is -0.242 e. The van der Waals surface area contributed by atoms with Crippen LogP contribution in [0.25, 0.3) is 26.1 Å². The van der Waals surface area contributed by atoms with Crippen LogP contribution in [-0.4, -0.2) is 24.6 Å².